The van der Waals surface area contributed by atoms with Gasteiger partial charge in [-0.25, -0.2) is 9.78 Å². The molecule has 0 amide bonds. The molecule has 0 atom stereocenters. The number of para-hydroxylation sites is 1. The fourth-order valence-electron chi connectivity index (χ4n) is 2.10. The average molecular weight is 293 g/mol. The standard InChI is InChI=1S/C14H13ClN2O3/c15-12-3-1-2-11(14(18)19)13(12)20-7-10-6-16-8-17(10)9-4-5-9/h1-3,6,8-9H,4-5,7H2,(H,18,19). The van der Waals surface area contributed by atoms with E-state index in [1.165, 1.54) is 6.07 Å². The molecule has 1 N–H and O–H groups in total. The Hall–Kier alpha value is -2.01. The summed E-state index contributed by atoms with van der Waals surface area (Å²) in [7, 11) is 0. The molecule has 1 heterocycles. The third-order valence-electron chi connectivity index (χ3n) is 3.25. The van der Waals surface area contributed by atoms with Gasteiger partial charge in [-0.05, 0) is 25.0 Å². The Morgan fingerprint density at radius 3 is 3.00 bits per heavy atom. The number of aromatic carboxylic acids is 1. The van der Waals surface area contributed by atoms with Gasteiger partial charge in [-0.15, -0.1) is 0 Å². The largest absolute Gasteiger partial charge is 0.485 e. The number of halogens is 1. The van der Waals surface area contributed by atoms with E-state index in [-0.39, 0.29) is 17.9 Å². The monoisotopic (exact) mass is 292 g/mol. The van der Waals surface area contributed by atoms with Crippen LogP contribution >= 0.6 is 11.6 Å². The molecule has 20 heavy (non-hydrogen) atoms. The van der Waals surface area contributed by atoms with Gasteiger partial charge in [0.15, 0.2) is 5.75 Å². The molecule has 1 aromatic heterocycles. The van der Waals surface area contributed by atoms with E-state index in [9.17, 15) is 4.79 Å². The van der Waals surface area contributed by atoms with Crippen LogP contribution in [-0.2, 0) is 6.61 Å². The van der Waals surface area contributed by atoms with E-state index in [0.29, 0.717) is 11.1 Å². The van der Waals surface area contributed by atoms with Crippen LogP contribution in [-0.4, -0.2) is 20.6 Å². The van der Waals surface area contributed by atoms with Crippen LogP contribution in [0.3, 0.4) is 0 Å². The Kier molecular flexibility index (Phi) is 3.36. The predicted octanol–water partition coefficient (Wildman–Crippen LogP) is 3.15. The summed E-state index contributed by atoms with van der Waals surface area (Å²) in [5, 5.41) is 9.44. The van der Waals surface area contributed by atoms with Crippen LogP contribution in [0.2, 0.25) is 5.02 Å². The highest BCUT2D eigenvalue weighted by atomic mass is 35.5. The molecule has 3 rings (SSSR count). The minimum atomic E-state index is -1.06. The number of hydrogen-bond acceptors (Lipinski definition) is 3. The van der Waals surface area contributed by atoms with Crippen LogP contribution < -0.4 is 4.74 Å². The van der Waals surface area contributed by atoms with Crippen molar-refractivity contribution < 1.29 is 14.6 Å². The molecule has 104 valence electrons. The van der Waals surface area contributed by atoms with Gasteiger partial charge in [0.05, 0.1) is 23.2 Å². The lowest BCUT2D eigenvalue weighted by atomic mass is 10.2. The molecule has 0 radical (unpaired) electrons. The number of carbonyl (C=O) groups is 1. The van der Waals surface area contributed by atoms with Crippen molar-refractivity contribution in [2.24, 2.45) is 0 Å². The molecule has 1 aliphatic rings. The number of imidazole rings is 1. The van der Waals surface area contributed by atoms with Crippen LogP contribution in [0.4, 0.5) is 0 Å². The van der Waals surface area contributed by atoms with Crippen molar-refractivity contribution in [1.29, 1.82) is 0 Å². The molecule has 6 heteroatoms. The van der Waals surface area contributed by atoms with Gasteiger partial charge in [0.2, 0.25) is 0 Å². The Morgan fingerprint density at radius 2 is 2.30 bits per heavy atom. The van der Waals surface area contributed by atoms with Crippen molar-refractivity contribution >= 4 is 17.6 Å². The van der Waals surface area contributed by atoms with Crippen LogP contribution in [0.25, 0.3) is 0 Å². The summed E-state index contributed by atoms with van der Waals surface area (Å²) in [6, 6.07) is 5.18. The smallest absolute Gasteiger partial charge is 0.339 e. The van der Waals surface area contributed by atoms with Gasteiger partial charge in [0.1, 0.15) is 12.2 Å². The molecular weight excluding hydrogens is 280 g/mol. The number of carboxylic acids is 1. The number of carboxylic acid groups (broad SMARTS) is 1. The van der Waals surface area contributed by atoms with E-state index in [0.717, 1.165) is 18.5 Å². The van der Waals surface area contributed by atoms with Gasteiger partial charge in [-0.2, -0.15) is 0 Å². The Bertz CT molecular complexity index is 650. The Labute approximate surface area is 120 Å². The number of hydrogen-bond donors (Lipinski definition) is 1. The van der Waals surface area contributed by atoms with Crippen molar-refractivity contribution in [3.8, 4) is 5.75 Å². The summed E-state index contributed by atoms with van der Waals surface area (Å²) in [5.74, 6) is -0.858. The molecule has 1 fully saturated rings. The SMILES string of the molecule is O=C(O)c1cccc(Cl)c1OCc1cncn1C1CC1. The summed E-state index contributed by atoms with van der Waals surface area (Å²) in [4.78, 5) is 15.3. The van der Waals surface area contributed by atoms with E-state index < -0.39 is 5.97 Å². The zero-order valence-electron chi connectivity index (χ0n) is 10.6. The summed E-state index contributed by atoms with van der Waals surface area (Å²) in [6.45, 7) is 0.251. The second-order valence-electron chi connectivity index (χ2n) is 4.73. The number of nitrogens with zero attached hydrogens (tertiary/aromatic N) is 2. The van der Waals surface area contributed by atoms with Gasteiger partial charge in [-0.3, -0.25) is 0 Å². The van der Waals surface area contributed by atoms with Crippen LogP contribution in [0.5, 0.6) is 5.75 Å². The minimum Gasteiger partial charge on any atom is -0.485 e. The van der Waals surface area contributed by atoms with Gasteiger partial charge >= 0.3 is 5.97 Å². The lowest BCUT2D eigenvalue weighted by Gasteiger charge is -2.12. The lowest BCUT2D eigenvalue weighted by Crippen LogP contribution is -2.07. The predicted molar refractivity (Wildman–Crippen MR) is 73.2 cm³/mol. The van der Waals surface area contributed by atoms with Gasteiger partial charge < -0.3 is 14.4 Å². The molecule has 0 saturated heterocycles. The second kappa shape index (κ2) is 5.17. The van der Waals surface area contributed by atoms with Gasteiger partial charge in [-0.1, -0.05) is 17.7 Å². The summed E-state index contributed by atoms with van der Waals surface area (Å²) >= 11 is 6.02. The van der Waals surface area contributed by atoms with Gasteiger partial charge in [0.25, 0.3) is 0 Å². The van der Waals surface area contributed by atoms with Gasteiger partial charge in [0, 0.05) is 6.04 Å². The van der Waals surface area contributed by atoms with E-state index in [4.69, 9.17) is 21.4 Å². The molecule has 0 aliphatic heterocycles. The van der Waals surface area contributed by atoms with Crippen LogP contribution in [0.1, 0.15) is 34.9 Å². The molecule has 1 saturated carbocycles. The minimum absolute atomic E-state index is 0.0648. The van der Waals surface area contributed by atoms with Crippen LogP contribution in [0, 0.1) is 0 Å². The summed E-state index contributed by atoms with van der Waals surface area (Å²) in [6.07, 6.45) is 5.81. The first-order valence-electron chi connectivity index (χ1n) is 6.32. The highest BCUT2D eigenvalue weighted by Gasteiger charge is 2.25. The molecule has 0 bridgehead atoms. The normalized spacial score (nSPS) is 14.2. The zero-order valence-corrected chi connectivity index (χ0v) is 11.4. The quantitative estimate of drug-likeness (QED) is 0.919. The van der Waals surface area contributed by atoms with Crippen molar-refractivity contribution in [1.82, 2.24) is 9.55 Å². The van der Waals surface area contributed by atoms with E-state index in [1.807, 2.05) is 0 Å². The van der Waals surface area contributed by atoms with Crippen molar-refractivity contribution in [3.63, 3.8) is 0 Å². The zero-order chi connectivity index (χ0) is 14.1. The first-order valence-corrected chi connectivity index (χ1v) is 6.70. The maximum absolute atomic E-state index is 11.2. The van der Waals surface area contributed by atoms with Crippen LogP contribution in [0.15, 0.2) is 30.7 Å². The molecule has 0 spiro atoms. The molecule has 5 nitrogen and oxygen atoms in total. The number of ether oxygens (including phenoxy) is 1. The first kappa shape index (κ1) is 13.0. The molecular formula is C14H13ClN2O3. The average Bonchev–Trinajstić information content (AvgIpc) is 3.16. The molecule has 1 aromatic carbocycles. The number of aromatic nitrogens is 2. The fraction of sp³-hybridized carbons (Fsp3) is 0.286. The molecule has 2 aromatic rings. The maximum Gasteiger partial charge on any atom is 0.339 e. The molecule has 1 aliphatic carbocycles. The highest BCUT2D eigenvalue weighted by Crippen LogP contribution is 2.36. The van der Waals surface area contributed by atoms with Crippen molar-refractivity contribution in [2.45, 2.75) is 25.5 Å². The summed E-state index contributed by atoms with van der Waals surface area (Å²) < 4.78 is 7.69. The van der Waals surface area contributed by atoms with Crippen molar-refractivity contribution in [2.75, 3.05) is 0 Å². The Morgan fingerprint density at radius 1 is 1.50 bits per heavy atom. The number of rotatable bonds is 5. The molecule has 0 unspecified atom stereocenters. The maximum atomic E-state index is 11.2. The summed E-state index contributed by atoms with van der Waals surface area (Å²) in [5.41, 5.74) is 0.985. The number of benzene rings is 1. The van der Waals surface area contributed by atoms with E-state index in [1.54, 1.807) is 24.7 Å². The lowest BCUT2D eigenvalue weighted by molar-refractivity contribution is 0.0691. The second-order valence-corrected chi connectivity index (χ2v) is 5.14. The third-order valence-corrected chi connectivity index (χ3v) is 3.55. The highest BCUT2D eigenvalue weighted by molar-refractivity contribution is 6.32. The third kappa shape index (κ3) is 2.49. The van der Waals surface area contributed by atoms with E-state index >= 15 is 0 Å². The Balaban J connectivity index is 1.81. The van der Waals surface area contributed by atoms with E-state index in [2.05, 4.69) is 9.55 Å². The topological polar surface area (TPSA) is 64.3 Å². The van der Waals surface area contributed by atoms with Crippen molar-refractivity contribution in [3.05, 3.63) is 47.0 Å². The first-order chi connectivity index (χ1) is 9.66. The fourth-order valence-corrected chi connectivity index (χ4v) is 2.32.